The molecule has 0 aliphatic rings. The largest absolute Gasteiger partial charge is 0.0622 e. The van der Waals surface area contributed by atoms with Crippen molar-refractivity contribution in [2.45, 2.75) is 46.0 Å². The van der Waals surface area contributed by atoms with Crippen molar-refractivity contribution < 1.29 is 0 Å². The predicted molar refractivity (Wildman–Crippen MR) is 47.6 cm³/mol. The van der Waals surface area contributed by atoms with Crippen LogP contribution in [0.2, 0.25) is 0 Å². The summed E-state index contributed by atoms with van der Waals surface area (Å²) in [6, 6.07) is 0. The van der Waals surface area contributed by atoms with Gasteiger partial charge in [0.05, 0.1) is 0 Å². The van der Waals surface area contributed by atoms with Crippen LogP contribution in [0.15, 0.2) is 0 Å². The van der Waals surface area contributed by atoms with E-state index in [2.05, 4.69) is 27.2 Å². The molecule has 0 heterocycles. The van der Waals surface area contributed by atoms with E-state index in [1.54, 1.807) is 0 Å². The Morgan fingerprint density at radius 3 is 2.50 bits per heavy atom. The molecule has 0 aromatic carbocycles. The molecule has 10 heavy (non-hydrogen) atoms. The molecule has 0 saturated heterocycles. The average molecular weight is 140 g/mol. The zero-order valence-electron chi connectivity index (χ0n) is 7.40. The van der Waals surface area contributed by atoms with Crippen LogP contribution < -0.4 is 0 Å². The first-order valence-electron chi connectivity index (χ1n) is 4.40. The quantitative estimate of drug-likeness (QED) is 0.494. The van der Waals surface area contributed by atoms with Crippen LogP contribution in [0.4, 0.5) is 0 Å². The first-order valence-corrected chi connectivity index (χ1v) is 4.40. The molecule has 0 saturated carbocycles. The summed E-state index contributed by atoms with van der Waals surface area (Å²) in [6.07, 6.45) is 8.78. The maximum Gasteiger partial charge on any atom is -0.0389 e. The lowest BCUT2D eigenvalue weighted by Gasteiger charge is -2.05. The van der Waals surface area contributed by atoms with Gasteiger partial charge in [-0.3, -0.25) is 0 Å². The number of rotatable bonds is 6. The molecule has 60 valence electrons. The van der Waals surface area contributed by atoms with Crippen LogP contribution in [0.1, 0.15) is 46.0 Å². The van der Waals surface area contributed by atoms with Gasteiger partial charge in [0.1, 0.15) is 0 Å². The molecule has 0 aromatic rings. The summed E-state index contributed by atoms with van der Waals surface area (Å²) in [5, 5.41) is 0. The van der Waals surface area contributed by atoms with Crippen LogP contribution in [-0.4, -0.2) is 0 Å². The van der Waals surface area contributed by atoms with Crippen LogP contribution in [-0.2, 0) is 0 Å². The van der Waals surface area contributed by atoms with Gasteiger partial charge in [0.25, 0.3) is 0 Å². The molecule has 0 nitrogen and oxygen atoms in total. The van der Waals surface area contributed by atoms with E-state index in [1.807, 2.05) is 0 Å². The Balaban J connectivity index is 2.89. The van der Waals surface area contributed by atoms with E-state index in [0.717, 1.165) is 12.3 Å². The molecule has 0 aromatic heterocycles. The van der Waals surface area contributed by atoms with E-state index < -0.39 is 0 Å². The first kappa shape index (κ1) is 10.0. The van der Waals surface area contributed by atoms with Gasteiger partial charge in [-0.05, 0) is 12.3 Å². The highest BCUT2D eigenvalue weighted by Gasteiger charge is 1.96. The third kappa shape index (κ3) is 6.12. The SMILES string of the molecule is [CH2]CCCCCC(C)[CH]C. The number of hydrogen-bond acceptors (Lipinski definition) is 0. The van der Waals surface area contributed by atoms with Gasteiger partial charge < -0.3 is 0 Å². The van der Waals surface area contributed by atoms with Crippen LogP contribution in [0.25, 0.3) is 0 Å². The molecule has 0 rings (SSSR count). The third-order valence-corrected chi connectivity index (χ3v) is 1.98. The average Bonchev–Trinajstić information content (AvgIpc) is 1.98. The molecule has 0 aliphatic carbocycles. The molecule has 0 heteroatoms. The van der Waals surface area contributed by atoms with Crippen molar-refractivity contribution in [1.29, 1.82) is 0 Å². The van der Waals surface area contributed by atoms with E-state index in [1.165, 1.54) is 25.7 Å². The minimum Gasteiger partial charge on any atom is -0.0622 e. The summed E-state index contributed by atoms with van der Waals surface area (Å²) < 4.78 is 0. The monoisotopic (exact) mass is 140 g/mol. The Labute approximate surface area is 66.0 Å². The summed E-state index contributed by atoms with van der Waals surface area (Å²) in [5.74, 6) is 0.810. The van der Waals surface area contributed by atoms with Crippen molar-refractivity contribution in [2.24, 2.45) is 5.92 Å². The van der Waals surface area contributed by atoms with Crippen LogP contribution >= 0.6 is 0 Å². The standard InChI is InChI=1S/C10H20/c1-4-6-7-8-9-10(3)5-2/h5,10H,1,4,6-9H2,2-3H3. The van der Waals surface area contributed by atoms with E-state index >= 15 is 0 Å². The first-order chi connectivity index (χ1) is 4.81. The molecule has 0 bridgehead atoms. The highest BCUT2D eigenvalue weighted by Crippen LogP contribution is 2.11. The van der Waals surface area contributed by atoms with Crippen LogP contribution in [0.5, 0.6) is 0 Å². The molecule has 0 spiro atoms. The Bertz CT molecular complexity index is 57.1. The second kappa shape index (κ2) is 7.11. The van der Waals surface area contributed by atoms with Gasteiger partial charge in [0, 0.05) is 0 Å². The van der Waals surface area contributed by atoms with Crippen molar-refractivity contribution in [2.75, 3.05) is 0 Å². The predicted octanol–water partition coefficient (Wildman–Crippen LogP) is 3.63. The fraction of sp³-hybridized carbons (Fsp3) is 0.800. The van der Waals surface area contributed by atoms with Crippen molar-refractivity contribution >= 4 is 0 Å². The van der Waals surface area contributed by atoms with Gasteiger partial charge in [-0.25, -0.2) is 0 Å². The lowest BCUT2D eigenvalue weighted by atomic mass is 10.0. The van der Waals surface area contributed by atoms with E-state index in [-0.39, 0.29) is 0 Å². The van der Waals surface area contributed by atoms with Crippen LogP contribution in [0, 0.1) is 19.3 Å². The lowest BCUT2D eigenvalue weighted by Crippen LogP contribution is -1.91. The normalized spacial score (nSPS) is 13.5. The molecule has 2 radical (unpaired) electrons. The number of hydrogen-bond donors (Lipinski definition) is 0. The summed E-state index contributed by atoms with van der Waals surface area (Å²) in [5.41, 5.74) is 0. The van der Waals surface area contributed by atoms with Gasteiger partial charge in [-0.2, -0.15) is 0 Å². The zero-order valence-corrected chi connectivity index (χ0v) is 7.40. The highest BCUT2D eigenvalue weighted by atomic mass is 14.0. The molecule has 1 atom stereocenters. The third-order valence-electron chi connectivity index (χ3n) is 1.98. The second-order valence-corrected chi connectivity index (χ2v) is 3.01. The van der Waals surface area contributed by atoms with Crippen molar-refractivity contribution in [3.05, 3.63) is 13.3 Å². The Kier molecular flexibility index (Phi) is 7.11. The molecule has 0 aliphatic heterocycles. The smallest absolute Gasteiger partial charge is 0.0389 e. The van der Waals surface area contributed by atoms with E-state index in [0.29, 0.717) is 0 Å². The zero-order chi connectivity index (χ0) is 7.82. The van der Waals surface area contributed by atoms with Gasteiger partial charge in [-0.15, -0.1) is 0 Å². The molecular weight excluding hydrogens is 120 g/mol. The lowest BCUT2D eigenvalue weighted by molar-refractivity contribution is 0.543. The van der Waals surface area contributed by atoms with Gasteiger partial charge >= 0.3 is 0 Å². The summed E-state index contributed by atoms with van der Waals surface area (Å²) >= 11 is 0. The van der Waals surface area contributed by atoms with Crippen molar-refractivity contribution in [1.82, 2.24) is 0 Å². The molecule has 1 unspecified atom stereocenters. The topological polar surface area (TPSA) is 0 Å². The fourth-order valence-corrected chi connectivity index (χ4v) is 0.987. The Morgan fingerprint density at radius 2 is 2.00 bits per heavy atom. The van der Waals surface area contributed by atoms with Gasteiger partial charge in [0.15, 0.2) is 0 Å². The number of unbranched alkanes of at least 4 members (excludes halogenated alkanes) is 3. The summed E-state index contributed by atoms with van der Waals surface area (Å²) in [4.78, 5) is 0. The van der Waals surface area contributed by atoms with Gasteiger partial charge in [-0.1, -0.05) is 52.9 Å². The maximum atomic E-state index is 3.81. The summed E-state index contributed by atoms with van der Waals surface area (Å²) in [6.45, 7) is 8.24. The Hall–Kier alpha value is 0. The van der Waals surface area contributed by atoms with E-state index in [9.17, 15) is 0 Å². The van der Waals surface area contributed by atoms with Gasteiger partial charge in [0.2, 0.25) is 0 Å². The fourth-order valence-electron chi connectivity index (χ4n) is 0.987. The second-order valence-electron chi connectivity index (χ2n) is 3.01. The molecule has 0 N–H and O–H groups in total. The molecular formula is C10H20. The van der Waals surface area contributed by atoms with Crippen molar-refractivity contribution in [3.8, 4) is 0 Å². The van der Waals surface area contributed by atoms with Crippen LogP contribution in [0.3, 0.4) is 0 Å². The highest BCUT2D eigenvalue weighted by molar-refractivity contribution is 4.65. The minimum absolute atomic E-state index is 0.810. The maximum absolute atomic E-state index is 3.81. The summed E-state index contributed by atoms with van der Waals surface area (Å²) in [7, 11) is 0. The minimum atomic E-state index is 0.810. The Morgan fingerprint density at radius 1 is 1.30 bits per heavy atom. The molecule has 0 fully saturated rings. The molecule has 0 amide bonds. The van der Waals surface area contributed by atoms with E-state index in [4.69, 9.17) is 0 Å². The van der Waals surface area contributed by atoms with Crippen molar-refractivity contribution in [3.63, 3.8) is 0 Å².